The largest absolute Gasteiger partial charge is 0.313 e. The van der Waals surface area contributed by atoms with Crippen molar-refractivity contribution in [1.82, 2.24) is 4.57 Å². The van der Waals surface area contributed by atoms with Gasteiger partial charge in [0.15, 0.2) is 0 Å². The van der Waals surface area contributed by atoms with Gasteiger partial charge in [-0.05, 0) is 162 Å². The molecule has 0 aliphatic heterocycles. The van der Waals surface area contributed by atoms with Crippen molar-refractivity contribution in [3.8, 4) is 16.8 Å². The molecule has 0 radical (unpaired) electrons. The molecule has 0 bridgehead atoms. The Morgan fingerprint density at radius 2 is 1.07 bits per heavy atom. The van der Waals surface area contributed by atoms with Gasteiger partial charge in [-0.2, -0.15) is 0 Å². The zero-order valence-corrected chi connectivity index (χ0v) is 39.9. The van der Waals surface area contributed by atoms with E-state index in [4.69, 9.17) is 0 Å². The first-order chi connectivity index (χ1) is 35.1. The molecule has 1 aromatic heterocycles. The van der Waals surface area contributed by atoms with Gasteiger partial charge in [0, 0.05) is 56.5 Å². The summed E-state index contributed by atoms with van der Waals surface area (Å²) in [5.74, 6) is 0.220. The highest BCUT2D eigenvalue weighted by molar-refractivity contribution is 6.00. The van der Waals surface area contributed by atoms with Gasteiger partial charge in [-0.25, -0.2) is 0 Å². The summed E-state index contributed by atoms with van der Waals surface area (Å²) in [6.45, 7) is 2.16. The summed E-state index contributed by atoms with van der Waals surface area (Å²) in [5, 5.41) is 1.28. The Balaban J connectivity index is 1.06. The van der Waals surface area contributed by atoms with Crippen LogP contribution in [-0.2, 0) is 11.8 Å². The number of hydrogen-bond acceptors (Lipinski definition) is 2. The Morgan fingerprint density at radius 1 is 0.479 bits per heavy atom. The van der Waals surface area contributed by atoms with Crippen LogP contribution >= 0.6 is 0 Å². The molecule has 10 aromatic rings. The van der Waals surface area contributed by atoms with Crippen molar-refractivity contribution in [3.63, 3.8) is 0 Å². The summed E-state index contributed by atoms with van der Waals surface area (Å²) < 4.78 is 2.48. The highest BCUT2D eigenvalue weighted by Crippen LogP contribution is 2.59. The number of fused-ring (bicyclic) bond motifs is 6. The summed E-state index contributed by atoms with van der Waals surface area (Å²) in [6, 6.07) is 85.5. The Morgan fingerprint density at radius 3 is 1.77 bits per heavy atom. The number of para-hydroxylation sites is 4. The van der Waals surface area contributed by atoms with Crippen molar-refractivity contribution in [2.75, 3.05) is 9.80 Å². The van der Waals surface area contributed by atoms with E-state index in [0.29, 0.717) is 0 Å². The third kappa shape index (κ3) is 7.19. The van der Waals surface area contributed by atoms with Gasteiger partial charge < -0.3 is 14.4 Å². The first-order valence-corrected chi connectivity index (χ1v) is 25.1. The van der Waals surface area contributed by atoms with Crippen LogP contribution in [0.4, 0.5) is 34.1 Å². The maximum atomic E-state index is 2.52. The Labute approximate surface area is 417 Å². The summed E-state index contributed by atoms with van der Waals surface area (Å²) in [7, 11) is 0. The minimum absolute atomic E-state index is 0.220. The first kappa shape index (κ1) is 42.4. The second kappa shape index (κ2) is 17.7. The minimum Gasteiger partial charge on any atom is -0.313 e. The maximum Gasteiger partial charge on any atom is 0.0537 e. The molecule has 0 N–H and O–H groups in total. The van der Waals surface area contributed by atoms with E-state index < -0.39 is 5.41 Å². The highest BCUT2D eigenvalue weighted by Gasteiger charge is 2.49. The number of allylic oxidation sites excluding steroid dienone is 5. The topological polar surface area (TPSA) is 11.4 Å². The van der Waals surface area contributed by atoms with E-state index in [1.165, 1.54) is 72.4 Å². The van der Waals surface area contributed by atoms with Crippen LogP contribution < -0.4 is 9.80 Å². The molecule has 3 nitrogen and oxygen atoms in total. The lowest BCUT2D eigenvalue weighted by molar-refractivity contribution is 0.457. The number of benzene rings is 9. The van der Waals surface area contributed by atoms with Crippen molar-refractivity contribution >= 4 is 56.7 Å². The molecule has 2 atom stereocenters. The monoisotopic (exact) mass is 911 g/mol. The van der Waals surface area contributed by atoms with E-state index in [0.717, 1.165) is 53.4 Å². The molecule has 13 rings (SSSR count). The number of nitrogens with zero attached hydrogens (tertiary/aromatic N) is 3. The average molecular weight is 912 g/mol. The van der Waals surface area contributed by atoms with Crippen molar-refractivity contribution in [3.05, 3.63) is 294 Å². The van der Waals surface area contributed by atoms with Crippen LogP contribution in [0.25, 0.3) is 39.4 Å². The fourth-order valence-corrected chi connectivity index (χ4v) is 12.1. The Kier molecular flexibility index (Phi) is 10.6. The van der Waals surface area contributed by atoms with Gasteiger partial charge in [0.1, 0.15) is 0 Å². The standard InChI is InChI=1S/C68H53N3/c1-48-35-38-56(39-36-48)69(53-25-11-4-12-26-53)58-43-50(49-37-42-67-63(45-49)62-32-18-20-34-66(62)71(67)55-29-15-6-16-30-55)44-59(46-58)70(54-27-13-5-14-28-54)57-40-41-61-60-31-17-19-33-64(60)68(65(61)47-57,51-21-7-2-8-22-51)52-23-9-3-10-24-52/h2-23,25-36,38-41,43-47,52H,24,37,42H2,1H3. The number of anilines is 6. The zero-order chi connectivity index (χ0) is 47.3. The third-order valence-corrected chi connectivity index (χ3v) is 15.2. The lowest BCUT2D eigenvalue weighted by Crippen LogP contribution is -2.35. The second-order valence-corrected chi connectivity index (χ2v) is 19.2. The minimum atomic E-state index is -0.404. The number of hydrogen-bond donors (Lipinski definition) is 0. The fraction of sp³-hybridized carbons (Fsp3) is 0.0882. The number of aromatic nitrogens is 1. The van der Waals surface area contributed by atoms with Gasteiger partial charge >= 0.3 is 0 Å². The molecule has 9 aromatic carbocycles. The summed E-state index contributed by atoms with van der Waals surface area (Å²) >= 11 is 0. The molecular formula is C68H53N3. The molecule has 71 heavy (non-hydrogen) atoms. The van der Waals surface area contributed by atoms with Crippen LogP contribution in [0.3, 0.4) is 0 Å². The Hall–Kier alpha value is -8.66. The molecule has 3 aliphatic rings. The molecule has 0 spiro atoms. The molecule has 0 saturated heterocycles. The molecule has 1 heterocycles. The van der Waals surface area contributed by atoms with E-state index in [-0.39, 0.29) is 5.92 Å². The fourth-order valence-electron chi connectivity index (χ4n) is 12.1. The van der Waals surface area contributed by atoms with Crippen molar-refractivity contribution in [2.24, 2.45) is 5.92 Å². The van der Waals surface area contributed by atoms with Gasteiger partial charge in [0.05, 0.1) is 10.9 Å². The molecule has 0 amide bonds. The van der Waals surface area contributed by atoms with Crippen LogP contribution in [-0.4, -0.2) is 4.57 Å². The van der Waals surface area contributed by atoms with Gasteiger partial charge in [-0.3, -0.25) is 0 Å². The Bertz CT molecular complexity index is 3680. The van der Waals surface area contributed by atoms with Crippen LogP contribution in [0.2, 0.25) is 0 Å². The molecule has 3 heteroatoms. The van der Waals surface area contributed by atoms with E-state index in [1.54, 1.807) is 0 Å². The molecule has 0 saturated carbocycles. The lowest BCUT2D eigenvalue weighted by atomic mass is 9.62. The first-order valence-electron chi connectivity index (χ1n) is 25.1. The highest BCUT2D eigenvalue weighted by atomic mass is 15.2. The second-order valence-electron chi connectivity index (χ2n) is 19.2. The lowest BCUT2D eigenvalue weighted by Gasteiger charge is -2.40. The van der Waals surface area contributed by atoms with E-state index >= 15 is 0 Å². The van der Waals surface area contributed by atoms with Crippen molar-refractivity contribution < 1.29 is 0 Å². The van der Waals surface area contributed by atoms with Gasteiger partial charge in [-0.15, -0.1) is 0 Å². The molecule has 340 valence electrons. The van der Waals surface area contributed by atoms with E-state index in [2.05, 4.69) is 282 Å². The third-order valence-electron chi connectivity index (χ3n) is 15.2. The normalized spacial score (nSPS) is 16.5. The number of aryl methyl sites for hydroxylation is 1. The van der Waals surface area contributed by atoms with Gasteiger partial charge in [0.2, 0.25) is 0 Å². The average Bonchev–Trinajstić information content (AvgIpc) is 3.94. The van der Waals surface area contributed by atoms with Crippen molar-refractivity contribution in [1.29, 1.82) is 0 Å². The predicted molar refractivity (Wildman–Crippen MR) is 298 cm³/mol. The zero-order valence-electron chi connectivity index (χ0n) is 39.9. The van der Waals surface area contributed by atoms with Gasteiger partial charge in [-0.1, -0.05) is 175 Å². The summed E-state index contributed by atoms with van der Waals surface area (Å²) in [5.41, 5.74) is 21.7. The molecule has 3 aliphatic carbocycles. The van der Waals surface area contributed by atoms with Crippen LogP contribution in [0.15, 0.2) is 255 Å². The summed E-state index contributed by atoms with van der Waals surface area (Å²) in [6.07, 6.45) is 14.5. The van der Waals surface area contributed by atoms with Crippen molar-refractivity contribution in [2.45, 2.75) is 31.6 Å². The number of rotatable bonds is 10. The van der Waals surface area contributed by atoms with Crippen LogP contribution in [0, 0.1) is 12.8 Å². The van der Waals surface area contributed by atoms with Crippen LogP contribution in [0.5, 0.6) is 0 Å². The summed E-state index contributed by atoms with van der Waals surface area (Å²) in [4.78, 5) is 4.92. The quantitative estimate of drug-likeness (QED) is 0.135. The maximum absolute atomic E-state index is 2.52. The van der Waals surface area contributed by atoms with E-state index in [1.807, 2.05) is 0 Å². The van der Waals surface area contributed by atoms with Crippen LogP contribution in [0.1, 0.15) is 51.9 Å². The molecular weight excluding hydrogens is 859 g/mol. The SMILES string of the molecule is Cc1ccc(N(c2ccccc2)c2cc(C3=Cc4c(n(-c5ccccc5)c5ccccc45)CC3)cc(N(c3ccccc3)c3ccc4c(c3)C(c3ccccc3)(C3C=CC=CC3)c3ccccc3-4)c2)cc1. The smallest absolute Gasteiger partial charge is 0.0537 e. The predicted octanol–water partition coefficient (Wildman–Crippen LogP) is 17.8. The van der Waals surface area contributed by atoms with Gasteiger partial charge in [0.25, 0.3) is 0 Å². The molecule has 0 fully saturated rings. The van der Waals surface area contributed by atoms with E-state index in [9.17, 15) is 0 Å². The molecule has 2 unspecified atom stereocenters.